The van der Waals surface area contributed by atoms with E-state index in [1.54, 1.807) is 0 Å². The Labute approximate surface area is 126 Å². The van der Waals surface area contributed by atoms with E-state index in [4.69, 9.17) is 14.2 Å². The van der Waals surface area contributed by atoms with Crippen molar-refractivity contribution in [3.63, 3.8) is 0 Å². The molecule has 2 heterocycles. The summed E-state index contributed by atoms with van der Waals surface area (Å²) in [5, 5.41) is 3.41. The zero-order valence-electron chi connectivity index (χ0n) is 13.0. The minimum atomic E-state index is -0.0804. The van der Waals surface area contributed by atoms with Gasteiger partial charge in [0.15, 0.2) is 0 Å². The summed E-state index contributed by atoms with van der Waals surface area (Å²) in [7, 11) is 0. The standard InChI is InChI=1S/C17H25NO3/c1-3-19-13-5-6-14-15(11-13)21-17(7-9-18-10-8-17)12-16(14)20-4-2/h5-6,11,16,18H,3-4,7-10,12H2,1-2H3. The van der Waals surface area contributed by atoms with E-state index in [2.05, 4.69) is 18.3 Å². The first kappa shape index (κ1) is 14.7. The highest BCUT2D eigenvalue weighted by Crippen LogP contribution is 2.46. The van der Waals surface area contributed by atoms with Crippen molar-refractivity contribution < 1.29 is 14.2 Å². The van der Waals surface area contributed by atoms with Gasteiger partial charge in [-0.2, -0.15) is 0 Å². The molecule has 4 nitrogen and oxygen atoms in total. The number of benzene rings is 1. The van der Waals surface area contributed by atoms with Gasteiger partial charge in [0.05, 0.1) is 12.7 Å². The number of hydrogen-bond acceptors (Lipinski definition) is 4. The van der Waals surface area contributed by atoms with E-state index in [-0.39, 0.29) is 11.7 Å². The lowest BCUT2D eigenvalue weighted by atomic mass is 9.82. The Bertz CT molecular complexity index is 483. The van der Waals surface area contributed by atoms with Gasteiger partial charge in [-0.1, -0.05) is 0 Å². The minimum absolute atomic E-state index is 0.0804. The van der Waals surface area contributed by atoms with Gasteiger partial charge in [-0.3, -0.25) is 0 Å². The van der Waals surface area contributed by atoms with Gasteiger partial charge in [-0.25, -0.2) is 0 Å². The van der Waals surface area contributed by atoms with Crippen LogP contribution < -0.4 is 14.8 Å². The molecule has 1 N–H and O–H groups in total. The Morgan fingerprint density at radius 2 is 2.05 bits per heavy atom. The van der Waals surface area contributed by atoms with Crippen molar-refractivity contribution in [3.05, 3.63) is 23.8 Å². The molecule has 2 aliphatic heterocycles. The number of piperidine rings is 1. The molecular weight excluding hydrogens is 266 g/mol. The number of nitrogens with one attached hydrogen (secondary N) is 1. The fourth-order valence-electron chi connectivity index (χ4n) is 3.39. The summed E-state index contributed by atoms with van der Waals surface area (Å²) in [6, 6.07) is 6.13. The summed E-state index contributed by atoms with van der Waals surface area (Å²) >= 11 is 0. The number of hydrogen-bond donors (Lipinski definition) is 1. The molecule has 0 bridgehead atoms. The van der Waals surface area contributed by atoms with Crippen molar-refractivity contribution in [1.29, 1.82) is 0 Å². The molecular formula is C17H25NO3. The monoisotopic (exact) mass is 291 g/mol. The van der Waals surface area contributed by atoms with Crippen LogP contribution in [0, 0.1) is 0 Å². The highest BCUT2D eigenvalue weighted by molar-refractivity contribution is 5.44. The fraction of sp³-hybridized carbons (Fsp3) is 0.647. The van der Waals surface area contributed by atoms with Crippen LogP contribution >= 0.6 is 0 Å². The lowest BCUT2D eigenvalue weighted by Crippen LogP contribution is -2.49. The smallest absolute Gasteiger partial charge is 0.129 e. The van der Waals surface area contributed by atoms with Crippen LogP contribution in [0.4, 0.5) is 0 Å². The first-order valence-electron chi connectivity index (χ1n) is 8.04. The average Bonchev–Trinajstić information content (AvgIpc) is 2.48. The van der Waals surface area contributed by atoms with Gasteiger partial charge < -0.3 is 19.5 Å². The maximum atomic E-state index is 6.42. The summed E-state index contributed by atoms with van der Waals surface area (Å²) in [6.45, 7) is 7.48. The van der Waals surface area contributed by atoms with Crippen molar-refractivity contribution in [2.24, 2.45) is 0 Å². The molecule has 116 valence electrons. The summed E-state index contributed by atoms with van der Waals surface area (Å²) in [5.74, 6) is 1.81. The zero-order chi connectivity index (χ0) is 14.7. The fourth-order valence-corrected chi connectivity index (χ4v) is 3.39. The second-order valence-corrected chi connectivity index (χ2v) is 5.82. The van der Waals surface area contributed by atoms with Crippen LogP contribution in [0.2, 0.25) is 0 Å². The second-order valence-electron chi connectivity index (χ2n) is 5.82. The van der Waals surface area contributed by atoms with Gasteiger partial charge in [-0.15, -0.1) is 0 Å². The summed E-state index contributed by atoms with van der Waals surface area (Å²) < 4.78 is 18.0. The van der Waals surface area contributed by atoms with E-state index in [9.17, 15) is 0 Å². The van der Waals surface area contributed by atoms with Gasteiger partial charge in [0.25, 0.3) is 0 Å². The molecule has 0 amide bonds. The topological polar surface area (TPSA) is 39.7 Å². The van der Waals surface area contributed by atoms with Crippen LogP contribution in [0.5, 0.6) is 11.5 Å². The van der Waals surface area contributed by atoms with Gasteiger partial charge in [0.2, 0.25) is 0 Å². The third-order valence-corrected chi connectivity index (χ3v) is 4.41. The van der Waals surface area contributed by atoms with Gasteiger partial charge in [0.1, 0.15) is 17.1 Å². The Balaban J connectivity index is 1.91. The molecule has 1 atom stereocenters. The third-order valence-electron chi connectivity index (χ3n) is 4.41. The van der Waals surface area contributed by atoms with E-state index in [1.807, 2.05) is 19.1 Å². The molecule has 3 rings (SSSR count). The first-order valence-corrected chi connectivity index (χ1v) is 8.04. The number of rotatable bonds is 4. The Morgan fingerprint density at radius 1 is 1.24 bits per heavy atom. The molecule has 1 aromatic rings. The van der Waals surface area contributed by atoms with Gasteiger partial charge in [0, 0.05) is 24.7 Å². The molecule has 1 spiro atoms. The molecule has 1 unspecified atom stereocenters. The molecule has 0 saturated carbocycles. The van der Waals surface area contributed by atoms with Crippen LogP contribution in [-0.2, 0) is 4.74 Å². The third kappa shape index (κ3) is 3.01. The highest BCUT2D eigenvalue weighted by atomic mass is 16.5. The number of fused-ring (bicyclic) bond motifs is 1. The summed E-state index contributed by atoms with van der Waals surface area (Å²) in [4.78, 5) is 0. The van der Waals surface area contributed by atoms with E-state index < -0.39 is 0 Å². The second kappa shape index (κ2) is 6.24. The van der Waals surface area contributed by atoms with Crippen molar-refractivity contribution in [1.82, 2.24) is 5.32 Å². The van der Waals surface area contributed by atoms with Crippen molar-refractivity contribution in [3.8, 4) is 11.5 Å². The molecule has 1 saturated heterocycles. The molecule has 2 aliphatic rings. The molecule has 21 heavy (non-hydrogen) atoms. The van der Waals surface area contributed by atoms with E-state index >= 15 is 0 Å². The summed E-state index contributed by atoms with van der Waals surface area (Å²) in [6.07, 6.45) is 3.15. The SMILES string of the molecule is CCOc1ccc2c(c1)OC1(CCNCC1)CC2OCC. The molecule has 1 aromatic carbocycles. The predicted molar refractivity (Wildman–Crippen MR) is 82.1 cm³/mol. The van der Waals surface area contributed by atoms with E-state index in [1.165, 1.54) is 0 Å². The van der Waals surface area contributed by atoms with E-state index in [0.29, 0.717) is 6.61 Å². The molecule has 1 fully saturated rings. The Kier molecular flexibility index (Phi) is 4.36. The van der Waals surface area contributed by atoms with Crippen LogP contribution in [-0.4, -0.2) is 31.9 Å². The quantitative estimate of drug-likeness (QED) is 0.925. The van der Waals surface area contributed by atoms with Crippen LogP contribution in [0.1, 0.15) is 44.8 Å². The van der Waals surface area contributed by atoms with Crippen LogP contribution in [0.25, 0.3) is 0 Å². The first-order chi connectivity index (χ1) is 10.3. The highest BCUT2D eigenvalue weighted by Gasteiger charge is 2.42. The molecule has 0 radical (unpaired) electrons. The molecule has 0 aliphatic carbocycles. The van der Waals surface area contributed by atoms with Gasteiger partial charge in [-0.05, 0) is 51.9 Å². The van der Waals surface area contributed by atoms with Crippen LogP contribution in [0.3, 0.4) is 0 Å². The maximum Gasteiger partial charge on any atom is 0.129 e. The summed E-state index contributed by atoms with van der Waals surface area (Å²) in [5.41, 5.74) is 1.08. The van der Waals surface area contributed by atoms with Gasteiger partial charge >= 0.3 is 0 Å². The predicted octanol–water partition coefficient (Wildman–Crippen LogP) is 3.07. The lowest BCUT2D eigenvalue weighted by molar-refractivity contribution is -0.0590. The molecule has 4 heteroatoms. The molecule has 0 aromatic heterocycles. The van der Waals surface area contributed by atoms with E-state index in [0.717, 1.165) is 56.0 Å². The zero-order valence-corrected chi connectivity index (χ0v) is 13.0. The normalized spacial score (nSPS) is 23.4. The average molecular weight is 291 g/mol. The lowest BCUT2D eigenvalue weighted by Gasteiger charge is -2.44. The van der Waals surface area contributed by atoms with Crippen molar-refractivity contribution in [2.45, 2.75) is 44.8 Å². The number of ether oxygens (including phenoxy) is 3. The van der Waals surface area contributed by atoms with Crippen molar-refractivity contribution in [2.75, 3.05) is 26.3 Å². The Hall–Kier alpha value is -1.26. The largest absolute Gasteiger partial charge is 0.494 e. The van der Waals surface area contributed by atoms with Crippen LogP contribution in [0.15, 0.2) is 18.2 Å². The maximum absolute atomic E-state index is 6.42. The Morgan fingerprint density at radius 3 is 2.76 bits per heavy atom. The van der Waals surface area contributed by atoms with Crippen molar-refractivity contribution >= 4 is 0 Å². The minimum Gasteiger partial charge on any atom is -0.494 e.